The van der Waals surface area contributed by atoms with Crippen LogP contribution in [-0.4, -0.2) is 60.1 Å². The lowest BCUT2D eigenvalue weighted by Crippen LogP contribution is -2.39. The van der Waals surface area contributed by atoms with Crippen LogP contribution >= 0.6 is 11.8 Å². The second kappa shape index (κ2) is 7.93. The fraction of sp³-hybridized carbons (Fsp3) is 0.333. The first-order valence-corrected chi connectivity index (χ1v) is 9.83. The van der Waals surface area contributed by atoms with Crippen molar-refractivity contribution in [3.8, 4) is 0 Å². The molecule has 4 N–H and O–H groups in total. The molecule has 11 heteroatoms. The van der Waals surface area contributed by atoms with E-state index in [2.05, 4.69) is 25.6 Å². The van der Waals surface area contributed by atoms with Crippen molar-refractivity contribution in [2.75, 3.05) is 12.4 Å². The highest BCUT2D eigenvalue weighted by Crippen LogP contribution is 2.43. The highest BCUT2D eigenvalue weighted by Gasteiger charge is 2.47. The molecule has 4 atom stereocenters. The number of hydrogen-bond donors (Lipinski definition) is 4. The van der Waals surface area contributed by atoms with E-state index < -0.39 is 22.8 Å². The van der Waals surface area contributed by atoms with E-state index >= 15 is 0 Å². The van der Waals surface area contributed by atoms with Gasteiger partial charge < -0.3 is 20.8 Å². The highest BCUT2D eigenvalue weighted by molar-refractivity contribution is 8.01. The number of aliphatic hydroxyl groups is 2. The number of aromatic nitrogens is 4. The van der Waals surface area contributed by atoms with Crippen LogP contribution in [-0.2, 0) is 11.3 Å². The van der Waals surface area contributed by atoms with Crippen molar-refractivity contribution >= 4 is 34.7 Å². The van der Waals surface area contributed by atoms with E-state index in [4.69, 9.17) is 0 Å². The highest BCUT2D eigenvalue weighted by atomic mass is 32.2. The third-order valence-electron chi connectivity index (χ3n) is 4.73. The topological polar surface area (TPSA) is 125 Å². The van der Waals surface area contributed by atoms with Gasteiger partial charge in [-0.25, -0.2) is 19.3 Å². The Morgan fingerprint density at radius 3 is 2.86 bits per heavy atom. The van der Waals surface area contributed by atoms with Crippen molar-refractivity contribution in [2.24, 2.45) is 0 Å². The summed E-state index contributed by atoms with van der Waals surface area (Å²) in [4.78, 5) is 24.7. The molecular weight excluding hydrogens is 399 g/mol. The average Bonchev–Trinajstić information content (AvgIpc) is 3.28. The molecule has 152 valence electrons. The lowest BCUT2D eigenvalue weighted by Gasteiger charge is -2.17. The molecule has 0 spiro atoms. The second-order valence-electron chi connectivity index (χ2n) is 6.57. The minimum Gasteiger partial charge on any atom is -0.389 e. The molecular formula is C18H19FN6O3S. The molecule has 0 radical (unpaired) electrons. The Labute approximate surface area is 169 Å². The quantitative estimate of drug-likeness (QED) is 0.476. The maximum atomic E-state index is 13.4. The van der Waals surface area contributed by atoms with Crippen LogP contribution in [0.3, 0.4) is 0 Å². The Morgan fingerprint density at radius 2 is 2.10 bits per heavy atom. The number of fused-ring (bicyclic) bond motifs is 1. The monoisotopic (exact) mass is 418 g/mol. The number of benzene rings is 1. The summed E-state index contributed by atoms with van der Waals surface area (Å²) in [6.45, 7) is 0.342. The first kappa shape index (κ1) is 19.6. The van der Waals surface area contributed by atoms with Crippen molar-refractivity contribution in [3.05, 3.63) is 48.3 Å². The number of amides is 1. The molecule has 4 rings (SSSR count). The van der Waals surface area contributed by atoms with Crippen molar-refractivity contribution in [2.45, 2.75) is 29.4 Å². The van der Waals surface area contributed by atoms with E-state index in [0.29, 0.717) is 23.5 Å². The summed E-state index contributed by atoms with van der Waals surface area (Å²) in [6, 6.07) is 6.22. The lowest BCUT2D eigenvalue weighted by molar-refractivity contribution is -0.122. The summed E-state index contributed by atoms with van der Waals surface area (Å²) in [6.07, 6.45) is 0.466. The van der Waals surface area contributed by atoms with E-state index in [1.165, 1.54) is 31.8 Å². The van der Waals surface area contributed by atoms with Gasteiger partial charge >= 0.3 is 0 Å². The fourth-order valence-corrected chi connectivity index (χ4v) is 4.72. The van der Waals surface area contributed by atoms with Gasteiger partial charge in [-0.05, 0) is 17.7 Å². The van der Waals surface area contributed by atoms with Crippen molar-refractivity contribution < 1.29 is 19.4 Å². The van der Waals surface area contributed by atoms with Crippen LogP contribution < -0.4 is 10.6 Å². The number of rotatable bonds is 5. The summed E-state index contributed by atoms with van der Waals surface area (Å²) >= 11 is 1.14. The van der Waals surface area contributed by atoms with Gasteiger partial charge in [0.2, 0.25) is 5.91 Å². The molecule has 29 heavy (non-hydrogen) atoms. The molecule has 1 aliphatic rings. The van der Waals surface area contributed by atoms with Gasteiger partial charge in [0.05, 0.1) is 6.33 Å². The molecule has 0 bridgehead atoms. The maximum absolute atomic E-state index is 13.4. The van der Waals surface area contributed by atoms with Gasteiger partial charge in [0.25, 0.3) is 0 Å². The van der Waals surface area contributed by atoms with Crippen LogP contribution in [0, 0.1) is 5.82 Å². The summed E-state index contributed by atoms with van der Waals surface area (Å²) in [5, 5.41) is 24.9. The molecule has 2 aromatic heterocycles. The zero-order valence-corrected chi connectivity index (χ0v) is 16.2. The molecule has 3 heterocycles. The molecule has 1 aliphatic heterocycles. The fourth-order valence-electron chi connectivity index (χ4n) is 3.25. The van der Waals surface area contributed by atoms with Crippen LogP contribution in [0.25, 0.3) is 11.2 Å². The van der Waals surface area contributed by atoms with E-state index in [1.54, 1.807) is 16.7 Å². The molecule has 3 aromatic rings. The number of thioether (sulfide) groups is 1. The van der Waals surface area contributed by atoms with E-state index in [-0.39, 0.29) is 11.7 Å². The summed E-state index contributed by atoms with van der Waals surface area (Å²) < 4.78 is 15.0. The summed E-state index contributed by atoms with van der Waals surface area (Å²) in [5.41, 5.74) is 1.66. The van der Waals surface area contributed by atoms with Crippen molar-refractivity contribution in [1.29, 1.82) is 0 Å². The van der Waals surface area contributed by atoms with Crippen LogP contribution in [0.4, 0.5) is 10.2 Å². The number of anilines is 1. The minimum absolute atomic E-state index is 0.321. The van der Waals surface area contributed by atoms with E-state index in [0.717, 1.165) is 17.3 Å². The summed E-state index contributed by atoms with van der Waals surface area (Å²) in [7, 11) is 1.48. The number of aliphatic hydroxyl groups excluding tert-OH is 2. The third-order valence-corrected chi connectivity index (χ3v) is 6.30. The van der Waals surface area contributed by atoms with Crippen molar-refractivity contribution in [3.63, 3.8) is 0 Å². The Morgan fingerprint density at radius 1 is 1.28 bits per heavy atom. The van der Waals surface area contributed by atoms with Gasteiger partial charge in [-0.1, -0.05) is 12.1 Å². The molecule has 1 saturated heterocycles. The zero-order chi connectivity index (χ0) is 20.5. The SMILES string of the molecule is CNC(=O)[C@H]1S[C@@H](n2cnc3c(NCc4cccc(F)c4)ncnc32)C(O)C1O. The molecule has 9 nitrogen and oxygen atoms in total. The van der Waals surface area contributed by atoms with E-state index in [1.807, 2.05) is 0 Å². The van der Waals surface area contributed by atoms with Gasteiger partial charge in [-0.2, -0.15) is 0 Å². The van der Waals surface area contributed by atoms with Gasteiger partial charge in [-0.15, -0.1) is 11.8 Å². The molecule has 1 aromatic carbocycles. The minimum atomic E-state index is -1.21. The largest absolute Gasteiger partial charge is 0.389 e. The van der Waals surface area contributed by atoms with E-state index in [9.17, 15) is 19.4 Å². The first-order chi connectivity index (χ1) is 14.0. The Bertz CT molecular complexity index is 1050. The van der Waals surface area contributed by atoms with Gasteiger partial charge in [0, 0.05) is 13.6 Å². The van der Waals surface area contributed by atoms with Crippen molar-refractivity contribution in [1.82, 2.24) is 24.8 Å². The number of hydrogen-bond acceptors (Lipinski definition) is 8. The maximum Gasteiger partial charge on any atom is 0.235 e. The average molecular weight is 418 g/mol. The number of nitrogens with zero attached hydrogens (tertiary/aromatic N) is 4. The summed E-state index contributed by atoms with van der Waals surface area (Å²) in [5.74, 6) is -0.225. The lowest BCUT2D eigenvalue weighted by atomic mass is 10.1. The van der Waals surface area contributed by atoms with Crippen LogP contribution in [0.1, 0.15) is 10.9 Å². The molecule has 0 aliphatic carbocycles. The molecule has 2 unspecified atom stereocenters. The Balaban J connectivity index is 1.60. The number of imidazole rings is 1. The molecule has 1 amide bonds. The smallest absolute Gasteiger partial charge is 0.235 e. The van der Waals surface area contributed by atoms with Crippen LogP contribution in [0.2, 0.25) is 0 Å². The zero-order valence-electron chi connectivity index (χ0n) is 15.4. The number of carbonyl (C=O) groups is 1. The molecule has 1 fully saturated rings. The third kappa shape index (κ3) is 3.63. The van der Waals surface area contributed by atoms with Gasteiger partial charge in [-0.3, -0.25) is 9.36 Å². The molecule has 0 saturated carbocycles. The Hall–Kier alpha value is -2.76. The standard InChI is InChI=1S/C18H19FN6O3S/c1-20-17(28)14-12(26)13(27)18(29-14)25-8-24-11-15(22-7-23-16(11)25)21-6-9-3-2-4-10(19)5-9/h2-5,7-8,12-14,18,26-27H,6H2,1H3,(H,20,28)(H,21,22,23)/t12?,13?,14-,18+/m0/s1. The predicted molar refractivity (Wildman–Crippen MR) is 106 cm³/mol. The van der Waals surface area contributed by atoms with Gasteiger partial charge in [0.1, 0.15) is 40.5 Å². The number of nitrogens with one attached hydrogen (secondary N) is 2. The Kier molecular flexibility index (Phi) is 5.35. The normalized spacial score (nSPS) is 24.0. The van der Waals surface area contributed by atoms with Crippen LogP contribution in [0.5, 0.6) is 0 Å². The second-order valence-corrected chi connectivity index (χ2v) is 7.84. The number of halogens is 1. The van der Waals surface area contributed by atoms with Crippen LogP contribution in [0.15, 0.2) is 36.9 Å². The number of carbonyl (C=O) groups excluding carboxylic acids is 1. The van der Waals surface area contributed by atoms with Gasteiger partial charge in [0.15, 0.2) is 11.5 Å². The predicted octanol–water partition coefficient (Wildman–Crippen LogP) is 0.659. The first-order valence-electron chi connectivity index (χ1n) is 8.88.